The summed E-state index contributed by atoms with van der Waals surface area (Å²) < 4.78 is 0. The standard InChI is InChI=1S/C12H18N6O/c1-3-6-15-12(19)18(2)7-4-5-10-9(8-13)11(14)17-16-10/h3H,1,4-7H2,2H3,(H,15,19)(H3,14,16,17). The number of hydrogen-bond acceptors (Lipinski definition) is 4. The van der Waals surface area contributed by atoms with Crippen LogP contribution in [-0.2, 0) is 6.42 Å². The maximum absolute atomic E-state index is 11.5. The highest BCUT2D eigenvalue weighted by Gasteiger charge is 2.11. The van der Waals surface area contributed by atoms with Crippen LogP contribution >= 0.6 is 0 Å². The molecule has 0 fully saturated rings. The summed E-state index contributed by atoms with van der Waals surface area (Å²) in [5.41, 5.74) is 6.63. The zero-order valence-corrected chi connectivity index (χ0v) is 10.9. The van der Waals surface area contributed by atoms with Crippen molar-refractivity contribution in [2.75, 3.05) is 25.9 Å². The monoisotopic (exact) mass is 262 g/mol. The lowest BCUT2D eigenvalue weighted by Gasteiger charge is -2.16. The lowest BCUT2D eigenvalue weighted by atomic mass is 10.1. The summed E-state index contributed by atoms with van der Waals surface area (Å²) in [6.07, 6.45) is 2.96. The van der Waals surface area contributed by atoms with E-state index in [9.17, 15) is 4.79 Å². The van der Waals surface area contributed by atoms with Gasteiger partial charge in [0.25, 0.3) is 0 Å². The van der Waals surface area contributed by atoms with Gasteiger partial charge < -0.3 is 16.0 Å². The summed E-state index contributed by atoms with van der Waals surface area (Å²) in [5.74, 6) is 0.217. The first-order chi connectivity index (χ1) is 9.10. The van der Waals surface area contributed by atoms with Gasteiger partial charge in [0.1, 0.15) is 11.6 Å². The van der Waals surface area contributed by atoms with Gasteiger partial charge in [-0.2, -0.15) is 10.4 Å². The zero-order valence-electron chi connectivity index (χ0n) is 10.9. The highest BCUT2D eigenvalue weighted by molar-refractivity contribution is 5.73. The molecule has 0 unspecified atom stereocenters. The number of amides is 2. The number of nitrogens with one attached hydrogen (secondary N) is 2. The first kappa shape index (κ1) is 14.6. The molecule has 0 aliphatic rings. The second-order valence-corrected chi connectivity index (χ2v) is 4.07. The van der Waals surface area contributed by atoms with Gasteiger partial charge in [0.15, 0.2) is 5.82 Å². The van der Waals surface area contributed by atoms with Gasteiger partial charge in [0.2, 0.25) is 0 Å². The van der Waals surface area contributed by atoms with Crippen molar-refractivity contribution in [2.24, 2.45) is 0 Å². The normalized spacial score (nSPS) is 9.68. The first-order valence-corrected chi connectivity index (χ1v) is 5.92. The highest BCUT2D eigenvalue weighted by atomic mass is 16.2. The second kappa shape index (κ2) is 7.06. The molecule has 0 radical (unpaired) electrons. The number of nitrogens with zero attached hydrogens (tertiary/aromatic N) is 3. The van der Waals surface area contributed by atoms with Crippen LogP contribution in [0, 0.1) is 11.3 Å². The molecule has 19 heavy (non-hydrogen) atoms. The molecule has 4 N–H and O–H groups in total. The number of hydrogen-bond donors (Lipinski definition) is 3. The lowest BCUT2D eigenvalue weighted by molar-refractivity contribution is 0.209. The third kappa shape index (κ3) is 4.03. The minimum absolute atomic E-state index is 0.149. The largest absolute Gasteiger partial charge is 0.381 e. The van der Waals surface area contributed by atoms with E-state index in [-0.39, 0.29) is 11.8 Å². The number of urea groups is 1. The fourth-order valence-electron chi connectivity index (χ4n) is 1.59. The number of anilines is 1. The van der Waals surface area contributed by atoms with E-state index < -0.39 is 0 Å². The van der Waals surface area contributed by atoms with E-state index in [0.717, 1.165) is 0 Å². The van der Waals surface area contributed by atoms with Crippen molar-refractivity contribution in [3.05, 3.63) is 23.9 Å². The Bertz CT molecular complexity index is 487. The maximum Gasteiger partial charge on any atom is 0.317 e. The maximum atomic E-state index is 11.5. The molecule has 0 aliphatic carbocycles. The molecule has 0 aliphatic heterocycles. The Morgan fingerprint density at radius 1 is 1.74 bits per heavy atom. The third-order valence-corrected chi connectivity index (χ3v) is 2.65. The summed E-state index contributed by atoms with van der Waals surface area (Å²) in [5, 5.41) is 18.1. The first-order valence-electron chi connectivity index (χ1n) is 5.92. The summed E-state index contributed by atoms with van der Waals surface area (Å²) in [7, 11) is 1.71. The van der Waals surface area contributed by atoms with Crippen LogP contribution in [0.5, 0.6) is 0 Å². The average molecular weight is 262 g/mol. The number of carbonyl (C=O) groups excluding carboxylic acids is 1. The topological polar surface area (TPSA) is 111 Å². The molecule has 102 valence electrons. The zero-order chi connectivity index (χ0) is 14.3. The molecule has 1 aromatic heterocycles. The molecule has 1 aromatic rings. The van der Waals surface area contributed by atoms with Crippen LogP contribution in [0.4, 0.5) is 10.6 Å². The van der Waals surface area contributed by atoms with E-state index in [1.54, 1.807) is 18.0 Å². The Morgan fingerprint density at radius 2 is 2.47 bits per heavy atom. The Labute approximate surface area is 112 Å². The number of carbonyl (C=O) groups is 1. The number of aryl methyl sites for hydroxylation is 1. The fourth-order valence-corrected chi connectivity index (χ4v) is 1.59. The molecule has 0 bridgehead atoms. The minimum atomic E-state index is -0.149. The molecule has 2 amide bonds. The van der Waals surface area contributed by atoms with E-state index in [0.29, 0.717) is 37.2 Å². The summed E-state index contributed by atoms with van der Waals surface area (Å²) >= 11 is 0. The van der Waals surface area contributed by atoms with Crippen molar-refractivity contribution < 1.29 is 4.79 Å². The van der Waals surface area contributed by atoms with Gasteiger partial charge in [-0.1, -0.05) is 6.08 Å². The number of nitrogens with two attached hydrogens (primary N) is 1. The number of nitrogen functional groups attached to an aromatic ring is 1. The predicted octanol–water partition coefficient (Wildman–Crippen LogP) is 0.624. The van der Waals surface area contributed by atoms with Crippen LogP contribution in [-0.4, -0.2) is 41.3 Å². The Morgan fingerprint density at radius 3 is 3.11 bits per heavy atom. The quantitative estimate of drug-likeness (QED) is 0.652. The van der Waals surface area contributed by atoms with Crippen LogP contribution in [0.25, 0.3) is 0 Å². The van der Waals surface area contributed by atoms with Gasteiger partial charge in [-0.15, -0.1) is 6.58 Å². The molecule has 7 nitrogen and oxygen atoms in total. The second-order valence-electron chi connectivity index (χ2n) is 4.07. The molecular formula is C12H18N6O. The lowest BCUT2D eigenvalue weighted by Crippen LogP contribution is -2.37. The van der Waals surface area contributed by atoms with Gasteiger partial charge in [-0.3, -0.25) is 5.10 Å². The molecule has 7 heteroatoms. The number of aromatic amines is 1. The number of nitriles is 1. The van der Waals surface area contributed by atoms with Gasteiger partial charge in [0.05, 0.1) is 5.69 Å². The van der Waals surface area contributed by atoms with Crippen LogP contribution < -0.4 is 11.1 Å². The van der Waals surface area contributed by atoms with Crippen LogP contribution in [0.1, 0.15) is 17.7 Å². The van der Waals surface area contributed by atoms with Gasteiger partial charge in [-0.25, -0.2) is 4.79 Å². The predicted molar refractivity (Wildman–Crippen MR) is 72.3 cm³/mol. The van der Waals surface area contributed by atoms with Gasteiger partial charge >= 0.3 is 6.03 Å². The third-order valence-electron chi connectivity index (χ3n) is 2.65. The van der Waals surface area contributed by atoms with Crippen molar-refractivity contribution in [3.63, 3.8) is 0 Å². The van der Waals surface area contributed by atoms with Crippen molar-refractivity contribution in [1.29, 1.82) is 5.26 Å². The Balaban J connectivity index is 2.40. The molecule has 0 saturated heterocycles. The van der Waals surface area contributed by atoms with E-state index >= 15 is 0 Å². The average Bonchev–Trinajstić information content (AvgIpc) is 2.76. The van der Waals surface area contributed by atoms with E-state index in [1.807, 2.05) is 6.07 Å². The molecule has 1 rings (SSSR count). The summed E-state index contributed by atoms with van der Waals surface area (Å²) in [6, 6.07) is 1.86. The van der Waals surface area contributed by atoms with Gasteiger partial charge in [-0.05, 0) is 12.8 Å². The van der Waals surface area contributed by atoms with Gasteiger partial charge in [0, 0.05) is 20.1 Å². The SMILES string of the molecule is C=CCNC(=O)N(C)CCCc1[nH]nc(N)c1C#N. The van der Waals surface area contributed by atoms with E-state index in [1.165, 1.54) is 0 Å². The minimum Gasteiger partial charge on any atom is -0.381 e. The number of H-pyrrole nitrogens is 1. The van der Waals surface area contributed by atoms with Crippen molar-refractivity contribution >= 4 is 11.8 Å². The van der Waals surface area contributed by atoms with Crippen LogP contribution in [0.3, 0.4) is 0 Å². The number of aromatic nitrogens is 2. The van der Waals surface area contributed by atoms with Crippen LogP contribution in [0.15, 0.2) is 12.7 Å². The summed E-state index contributed by atoms with van der Waals surface area (Å²) in [6.45, 7) is 4.55. The van der Waals surface area contributed by atoms with E-state index in [2.05, 4.69) is 22.1 Å². The molecule has 1 heterocycles. The Hall–Kier alpha value is -2.49. The molecule has 0 aromatic carbocycles. The highest BCUT2D eigenvalue weighted by Crippen LogP contribution is 2.13. The van der Waals surface area contributed by atoms with Crippen molar-refractivity contribution in [2.45, 2.75) is 12.8 Å². The van der Waals surface area contributed by atoms with Crippen molar-refractivity contribution in [1.82, 2.24) is 20.4 Å². The smallest absolute Gasteiger partial charge is 0.317 e. The van der Waals surface area contributed by atoms with Crippen LogP contribution in [0.2, 0.25) is 0 Å². The molecule has 0 spiro atoms. The molecular weight excluding hydrogens is 244 g/mol. The summed E-state index contributed by atoms with van der Waals surface area (Å²) in [4.78, 5) is 13.1. The molecule has 0 saturated carbocycles. The Kier molecular flexibility index (Phi) is 5.41. The fraction of sp³-hybridized carbons (Fsp3) is 0.417. The molecule has 0 atom stereocenters. The van der Waals surface area contributed by atoms with Crippen molar-refractivity contribution in [3.8, 4) is 6.07 Å². The van der Waals surface area contributed by atoms with E-state index in [4.69, 9.17) is 11.0 Å². The number of rotatable bonds is 6.